The topological polar surface area (TPSA) is 49.8 Å². The molecule has 16 heavy (non-hydrogen) atoms. The van der Waals surface area contributed by atoms with Crippen LogP contribution in [-0.4, -0.2) is 48.3 Å². The fourth-order valence-corrected chi connectivity index (χ4v) is 2.81. The standard InChI is InChI=1S/C12H21NO3/c1-9(11-4-6-16-8-11)13-5-2-3-10(7-13)12(14)15/h9-11H,2-8H2,1H3,(H,14,15). The van der Waals surface area contributed by atoms with Crippen LogP contribution in [0.1, 0.15) is 26.2 Å². The molecule has 0 aromatic carbocycles. The summed E-state index contributed by atoms with van der Waals surface area (Å²) >= 11 is 0. The molecule has 2 heterocycles. The van der Waals surface area contributed by atoms with E-state index in [0.717, 1.165) is 39.0 Å². The number of carbonyl (C=O) groups is 1. The first-order valence-electron chi connectivity index (χ1n) is 6.23. The largest absolute Gasteiger partial charge is 0.481 e. The van der Waals surface area contributed by atoms with Gasteiger partial charge in [-0.3, -0.25) is 9.69 Å². The number of hydrogen-bond donors (Lipinski definition) is 1. The maximum Gasteiger partial charge on any atom is 0.307 e. The second kappa shape index (κ2) is 5.15. The number of nitrogens with zero attached hydrogens (tertiary/aromatic N) is 1. The first-order valence-corrected chi connectivity index (χ1v) is 6.23. The predicted octanol–water partition coefficient (Wildman–Crippen LogP) is 1.21. The number of rotatable bonds is 3. The third kappa shape index (κ3) is 2.55. The fourth-order valence-electron chi connectivity index (χ4n) is 2.81. The maximum absolute atomic E-state index is 11.0. The lowest BCUT2D eigenvalue weighted by Gasteiger charge is -2.37. The molecular formula is C12H21NO3. The second-order valence-corrected chi connectivity index (χ2v) is 5.04. The first-order chi connectivity index (χ1) is 7.68. The van der Waals surface area contributed by atoms with Crippen molar-refractivity contribution in [3.8, 4) is 0 Å². The van der Waals surface area contributed by atoms with Crippen molar-refractivity contribution < 1.29 is 14.6 Å². The number of piperidine rings is 1. The van der Waals surface area contributed by atoms with Crippen LogP contribution in [0.5, 0.6) is 0 Å². The minimum Gasteiger partial charge on any atom is -0.481 e. The van der Waals surface area contributed by atoms with Gasteiger partial charge in [0.2, 0.25) is 0 Å². The van der Waals surface area contributed by atoms with E-state index in [0.29, 0.717) is 18.5 Å². The summed E-state index contributed by atoms with van der Waals surface area (Å²) in [6, 6.07) is 0.463. The minimum atomic E-state index is -0.639. The zero-order valence-electron chi connectivity index (χ0n) is 9.89. The Bertz CT molecular complexity index is 251. The van der Waals surface area contributed by atoms with Crippen molar-refractivity contribution in [3.63, 3.8) is 0 Å². The molecule has 2 rings (SSSR count). The summed E-state index contributed by atoms with van der Waals surface area (Å²) in [5.74, 6) is -0.217. The van der Waals surface area contributed by atoms with Crippen molar-refractivity contribution in [1.82, 2.24) is 4.90 Å². The quantitative estimate of drug-likeness (QED) is 0.787. The van der Waals surface area contributed by atoms with Gasteiger partial charge in [-0.15, -0.1) is 0 Å². The van der Waals surface area contributed by atoms with Gasteiger partial charge < -0.3 is 9.84 Å². The molecule has 3 atom stereocenters. The number of likely N-dealkylation sites (tertiary alicyclic amines) is 1. The summed E-state index contributed by atoms with van der Waals surface area (Å²) in [5, 5.41) is 9.05. The van der Waals surface area contributed by atoms with E-state index in [2.05, 4.69) is 11.8 Å². The van der Waals surface area contributed by atoms with Gasteiger partial charge in [0.25, 0.3) is 0 Å². The summed E-state index contributed by atoms with van der Waals surface area (Å²) < 4.78 is 5.40. The number of ether oxygens (including phenoxy) is 1. The molecule has 0 bridgehead atoms. The lowest BCUT2D eigenvalue weighted by Crippen LogP contribution is -2.46. The predicted molar refractivity (Wildman–Crippen MR) is 60.3 cm³/mol. The van der Waals surface area contributed by atoms with Gasteiger partial charge in [0.05, 0.1) is 12.5 Å². The summed E-state index contributed by atoms with van der Waals surface area (Å²) in [4.78, 5) is 13.3. The number of aliphatic carboxylic acids is 1. The summed E-state index contributed by atoms with van der Waals surface area (Å²) in [5.41, 5.74) is 0. The lowest BCUT2D eigenvalue weighted by molar-refractivity contribution is -0.144. The van der Waals surface area contributed by atoms with E-state index in [4.69, 9.17) is 9.84 Å². The smallest absolute Gasteiger partial charge is 0.307 e. The minimum absolute atomic E-state index is 0.168. The average Bonchev–Trinajstić information content (AvgIpc) is 2.81. The van der Waals surface area contributed by atoms with Gasteiger partial charge >= 0.3 is 5.97 Å². The molecule has 0 saturated carbocycles. The Morgan fingerprint density at radius 2 is 2.31 bits per heavy atom. The van der Waals surface area contributed by atoms with Gasteiger partial charge in [0.1, 0.15) is 0 Å². The fraction of sp³-hybridized carbons (Fsp3) is 0.917. The molecule has 0 radical (unpaired) electrons. The van der Waals surface area contributed by atoms with Gasteiger partial charge in [0.15, 0.2) is 0 Å². The monoisotopic (exact) mass is 227 g/mol. The van der Waals surface area contributed by atoms with E-state index in [9.17, 15) is 4.79 Å². The Morgan fingerprint density at radius 3 is 2.94 bits per heavy atom. The number of carboxylic acids is 1. The summed E-state index contributed by atoms with van der Waals surface area (Å²) in [6.07, 6.45) is 2.96. The molecule has 3 unspecified atom stereocenters. The van der Waals surface area contributed by atoms with E-state index in [1.807, 2.05) is 0 Å². The highest BCUT2D eigenvalue weighted by Crippen LogP contribution is 2.25. The molecule has 0 spiro atoms. The Balaban J connectivity index is 1.90. The Hall–Kier alpha value is -0.610. The molecule has 0 amide bonds. The third-order valence-electron chi connectivity index (χ3n) is 4.03. The summed E-state index contributed by atoms with van der Waals surface area (Å²) in [7, 11) is 0. The molecule has 2 fully saturated rings. The molecule has 1 N–H and O–H groups in total. The van der Waals surface area contributed by atoms with Crippen LogP contribution in [-0.2, 0) is 9.53 Å². The van der Waals surface area contributed by atoms with Crippen LogP contribution >= 0.6 is 0 Å². The van der Waals surface area contributed by atoms with Gasteiger partial charge in [-0.1, -0.05) is 0 Å². The van der Waals surface area contributed by atoms with Crippen LogP contribution in [0.4, 0.5) is 0 Å². The number of hydrogen-bond acceptors (Lipinski definition) is 3. The van der Waals surface area contributed by atoms with Crippen molar-refractivity contribution >= 4 is 5.97 Å². The van der Waals surface area contributed by atoms with Crippen LogP contribution in [0, 0.1) is 11.8 Å². The lowest BCUT2D eigenvalue weighted by atomic mass is 9.93. The zero-order chi connectivity index (χ0) is 11.5. The molecule has 0 aromatic heterocycles. The zero-order valence-corrected chi connectivity index (χ0v) is 9.89. The molecule has 2 saturated heterocycles. The van der Waals surface area contributed by atoms with E-state index >= 15 is 0 Å². The third-order valence-corrected chi connectivity index (χ3v) is 4.03. The van der Waals surface area contributed by atoms with E-state index in [1.165, 1.54) is 0 Å². The van der Waals surface area contributed by atoms with Gasteiger partial charge in [0, 0.05) is 19.2 Å². The van der Waals surface area contributed by atoms with Crippen LogP contribution in [0.25, 0.3) is 0 Å². The molecule has 2 aliphatic heterocycles. The molecule has 0 aliphatic carbocycles. The molecule has 4 heteroatoms. The van der Waals surface area contributed by atoms with E-state index in [1.54, 1.807) is 0 Å². The SMILES string of the molecule is CC(C1CCOC1)N1CCCC(C(=O)O)C1. The normalized spacial score (nSPS) is 33.8. The van der Waals surface area contributed by atoms with E-state index < -0.39 is 5.97 Å². The average molecular weight is 227 g/mol. The maximum atomic E-state index is 11.0. The van der Waals surface area contributed by atoms with Gasteiger partial charge in [-0.25, -0.2) is 0 Å². The highest BCUT2D eigenvalue weighted by atomic mass is 16.5. The van der Waals surface area contributed by atoms with Crippen LogP contribution in [0.2, 0.25) is 0 Å². The molecule has 92 valence electrons. The van der Waals surface area contributed by atoms with Crippen LogP contribution < -0.4 is 0 Å². The van der Waals surface area contributed by atoms with Crippen LogP contribution in [0.15, 0.2) is 0 Å². The van der Waals surface area contributed by atoms with Crippen molar-refractivity contribution in [2.45, 2.75) is 32.2 Å². The highest BCUT2D eigenvalue weighted by Gasteiger charge is 2.32. The number of carboxylic acid groups (broad SMARTS) is 1. The molecular weight excluding hydrogens is 206 g/mol. The van der Waals surface area contributed by atoms with Crippen molar-refractivity contribution in [2.75, 3.05) is 26.3 Å². The van der Waals surface area contributed by atoms with Crippen molar-refractivity contribution in [1.29, 1.82) is 0 Å². The Labute approximate surface area is 96.6 Å². The van der Waals surface area contributed by atoms with Crippen molar-refractivity contribution in [3.05, 3.63) is 0 Å². The van der Waals surface area contributed by atoms with Gasteiger partial charge in [-0.2, -0.15) is 0 Å². The molecule has 2 aliphatic rings. The van der Waals surface area contributed by atoms with Crippen molar-refractivity contribution in [2.24, 2.45) is 11.8 Å². The first kappa shape index (κ1) is 11.9. The highest BCUT2D eigenvalue weighted by molar-refractivity contribution is 5.70. The van der Waals surface area contributed by atoms with Crippen LogP contribution in [0.3, 0.4) is 0 Å². The molecule has 4 nitrogen and oxygen atoms in total. The Morgan fingerprint density at radius 1 is 1.50 bits per heavy atom. The van der Waals surface area contributed by atoms with Gasteiger partial charge in [-0.05, 0) is 38.6 Å². The second-order valence-electron chi connectivity index (χ2n) is 5.04. The summed E-state index contributed by atoms with van der Waals surface area (Å²) in [6.45, 7) is 5.68. The Kier molecular flexibility index (Phi) is 3.82. The molecule has 0 aromatic rings. The van der Waals surface area contributed by atoms with E-state index in [-0.39, 0.29) is 5.92 Å².